The van der Waals surface area contributed by atoms with Gasteiger partial charge in [-0.2, -0.15) is 10.2 Å². The fourth-order valence-electron chi connectivity index (χ4n) is 3.67. The Morgan fingerprint density at radius 3 is 2.60 bits per heavy atom. The van der Waals surface area contributed by atoms with Gasteiger partial charge in [0, 0.05) is 17.0 Å². The first kappa shape index (κ1) is 20.4. The van der Waals surface area contributed by atoms with Gasteiger partial charge < -0.3 is 5.11 Å². The molecule has 0 unspecified atom stereocenters. The van der Waals surface area contributed by atoms with Crippen LogP contribution in [0.25, 0.3) is 10.9 Å². The van der Waals surface area contributed by atoms with Crippen molar-refractivity contribution in [1.82, 2.24) is 24.5 Å². The van der Waals surface area contributed by atoms with Gasteiger partial charge in [0.15, 0.2) is 0 Å². The molecular formula is C20H17ClF3N5O. The fraction of sp³-hybridized carbons (Fsp3) is 0.250. The summed E-state index contributed by atoms with van der Waals surface area (Å²) in [5.41, 5.74) is -1.19. The largest absolute Gasteiger partial charge is 0.381 e. The Hall–Kier alpha value is -2.91. The van der Waals surface area contributed by atoms with Crippen LogP contribution in [0.2, 0.25) is 5.02 Å². The Kier molecular flexibility index (Phi) is 5.03. The first-order valence-electron chi connectivity index (χ1n) is 9.05. The Bertz CT molecular complexity index is 1230. The summed E-state index contributed by atoms with van der Waals surface area (Å²) < 4.78 is 44.9. The molecule has 2 heterocycles. The number of hydrogen-bond donors (Lipinski definition) is 1. The third kappa shape index (κ3) is 3.33. The molecule has 2 aromatic carbocycles. The molecule has 0 spiro atoms. The van der Waals surface area contributed by atoms with Gasteiger partial charge in [-0.1, -0.05) is 17.7 Å². The van der Waals surface area contributed by atoms with Gasteiger partial charge in [-0.3, -0.25) is 4.68 Å². The van der Waals surface area contributed by atoms with Crippen molar-refractivity contribution in [3.05, 3.63) is 76.7 Å². The van der Waals surface area contributed by atoms with Crippen LogP contribution < -0.4 is 0 Å². The number of aryl methyl sites for hydroxylation is 1. The van der Waals surface area contributed by atoms with Crippen LogP contribution in [0.5, 0.6) is 0 Å². The van der Waals surface area contributed by atoms with Gasteiger partial charge >= 0.3 is 0 Å². The average molecular weight is 436 g/mol. The molecule has 2 atom stereocenters. The van der Waals surface area contributed by atoms with Gasteiger partial charge in [-0.15, -0.1) is 0 Å². The van der Waals surface area contributed by atoms with Gasteiger partial charge in [-0.25, -0.2) is 22.8 Å². The van der Waals surface area contributed by atoms with E-state index in [4.69, 9.17) is 11.6 Å². The van der Waals surface area contributed by atoms with E-state index in [1.54, 1.807) is 13.8 Å². The van der Waals surface area contributed by atoms with Gasteiger partial charge in [0.1, 0.15) is 35.7 Å². The minimum absolute atomic E-state index is 0.0973. The second-order valence-electron chi connectivity index (χ2n) is 7.13. The molecule has 0 aliphatic carbocycles. The first-order valence-corrected chi connectivity index (χ1v) is 9.42. The topological polar surface area (TPSA) is 68.8 Å². The van der Waals surface area contributed by atoms with Crippen molar-refractivity contribution in [3.8, 4) is 0 Å². The van der Waals surface area contributed by atoms with E-state index in [0.717, 1.165) is 12.1 Å². The van der Waals surface area contributed by atoms with E-state index in [0.29, 0.717) is 22.7 Å². The minimum atomic E-state index is -1.92. The second-order valence-corrected chi connectivity index (χ2v) is 7.54. The fourth-order valence-corrected chi connectivity index (χ4v) is 3.96. The van der Waals surface area contributed by atoms with Crippen LogP contribution in [-0.4, -0.2) is 29.7 Å². The molecule has 156 valence electrons. The van der Waals surface area contributed by atoms with Gasteiger partial charge in [-0.05, 0) is 32.0 Å². The lowest BCUT2D eigenvalue weighted by Gasteiger charge is -2.35. The number of halogens is 4. The third-order valence-electron chi connectivity index (χ3n) is 5.23. The second kappa shape index (κ2) is 7.41. The van der Waals surface area contributed by atoms with Crippen molar-refractivity contribution in [2.75, 3.05) is 0 Å². The Morgan fingerprint density at radius 2 is 1.93 bits per heavy atom. The van der Waals surface area contributed by atoms with Crippen molar-refractivity contribution in [2.24, 2.45) is 0 Å². The van der Waals surface area contributed by atoms with Crippen molar-refractivity contribution >= 4 is 22.5 Å². The molecule has 0 aliphatic rings. The number of aliphatic hydroxyl groups is 1. The zero-order chi connectivity index (χ0) is 21.6. The Balaban J connectivity index is 1.93. The van der Waals surface area contributed by atoms with E-state index in [1.165, 1.54) is 34.2 Å². The molecule has 0 bridgehead atoms. The van der Waals surface area contributed by atoms with E-state index in [1.807, 2.05) is 0 Å². The molecule has 4 rings (SSSR count). The van der Waals surface area contributed by atoms with Crippen LogP contribution in [0.15, 0.2) is 43.0 Å². The molecule has 0 radical (unpaired) electrons. The lowest BCUT2D eigenvalue weighted by atomic mass is 9.86. The summed E-state index contributed by atoms with van der Waals surface area (Å²) in [6.07, 6.45) is 2.65. The Morgan fingerprint density at radius 1 is 1.17 bits per heavy atom. The van der Waals surface area contributed by atoms with E-state index in [2.05, 4.69) is 15.2 Å². The van der Waals surface area contributed by atoms with Gasteiger partial charge in [0.05, 0.1) is 28.8 Å². The van der Waals surface area contributed by atoms with Crippen LogP contribution in [0.4, 0.5) is 13.2 Å². The SMILES string of the molecule is Cc1nn([C@H](C)[C@](O)(Cn2cncn2)c2ccc(F)cc2F)c2c(Cl)cc(F)cc12. The highest BCUT2D eigenvalue weighted by Gasteiger charge is 2.41. The molecule has 1 N–H and O–H groups in total. The molecule has 2 aromatic heterocycles. The van der Waals surface area contributed by atoms with Crippen molar-refractivity contribution in [1.29, 1.82) is 0 Å². The van der Waals surface area contributed by atoms with Crippen LogP contribution in [-0.2, 0) is 12.1 Å². The van der Waals surface area contributed by atoms with Crippen molar-refractivity contribution in [3.63, 3.8) is 0 Å². The highest BCUT2D eigenvalue weighted by molar-refractivity contribution is 6.35. The summed E-state index contributed by atoms with van der Waals surface area (Å²) in [5.74, 6) is -2.22. The molecular weight excluding hydrogens is 419 g/mol. The lowest BCUT2D eigenvalue weighted by Crippen LogP contribution is -2.41. The number of hydrogen-bond acceptors (Lipinski definition) is 4. The number of nitrogens with zero attached hydrogens (tertiary/aromatic N) is 5. The van der Waals surface area contributed by atoms with Crippen LogP contribution in [0, 0.1) is 24.4 Å². The maximum absolute atomic E-state index is 14.8. The summed E-state index contributed by atoms with van der Waals surface area (Å²) in [7, 11) is 0. The number of fused-ring (bicyclic) bond motifs is 1. The standard InChI is InChI=1S/C20H17ClF3N5O/c1-11-15-5-14(23)6-17(21)19(15)29(27-11)12(2)20(30,8-28-10-25-9-26-28)16-4-3-13(22)7-18(16)24/h3-7,9-10,12,30H,8H2,1-2H3/t12-,20-/m1/s1. The zero-order valence-corrected chi connectivity index (χ0v) is 16.8. The highest BCUT2D eigenvalue weighted by Crippen LogP contribution is 2.39. The van der Waals surface area contributed by atoms with Crippen molar-refractivity contribution < 1.29 is 18.3 Å². The van der Waals surface area contributed by atoms with E-state index < -0.39 is 29.1 Å². The maximum atomic E-state index is 14.8. The maximum Gasteiger partial charge on any atom is 0.137 e. The van der Waals surface area contributed by atoms with E-state index >= 15 is 0 Å². The Labute approximate surface area is 174 Å². The van der Waals surface area contributed by atoms with Gasteiger partial charge in [0.25, 0.3) is 0 Å². The van der Waals surface area contributed by atoms with E-state index in [9.17, 15) is 18.3 Å². The molecule has 4 aromatic rings. The zero-order valence-electron chi connectivity index (χ0n) is 16.0. The molecule has 0 fully saturated rings. The molecule has 30 heavy (non-hydrogen) atoms. The number of benzene rings is 2. The molecule has 0 aliphatic heterocycles. The quantitative estimate of drug-likeness (QED) is 0.511. The smallest absolute Gasteiger partial charge is 0.137 e. The third-order valence-corrected chi connectivity index (χ3v) is 5.52. The summed E-state index contributed by atoms with van der Waals surface area (Å²) >= 11 is 6.28. The van der Waals surface area contributed by atoms with Crippen molar-refractivity contribution in [2.45, 2.75) is 32.0 Å². The summed E-state index contributed by atoms with van der Waals surface area (Å²) in [5, 5.41) is 20.7. The number of aromatic nitrogens is 5. The number of rotatable bonds is 5. The summed E-state index contributed by atoms with van der Waals surface area (Å²) in [6, 6.07) is 4.47. The first-order chi connectivity index (χ1) is 14.2. The normalized spacial score (nSPS) is 14.8. The monoisotopic (exact) mass is 435 g/mol. The molecule has 0 amide bonds. The predicted octanol–water partition coefficient (Wildman–Crippen LogP) is 4.16. The summed E-state index contributed by atoms with van der Waals surface area (Å²) in [4.78, 5) is 3.85. The van der Waals surface area contributed by atoms with Crippen LogP contribution in [0.1, 0.15) is 24.2 Å². The van der Waals surface area contributed by atoms with Gasteiger partial charge in [0.2, 0.25) is 0 Å². The summed E-state index contributed by atoms with van der Waals surface area (Å²) in [6.45, 7) is 3.09. The molecule has 0 saturated heterocycles. The van der Waals surface area contributed by atoms with Crippen LogP contribution in [0.3, 0.4) is 0 Å². The van der Waals surface area contributed by atoms with E-state index in [-0.39, 0.29) is 17.1 Å². The molecule has 0 saturated carbocycles. The molecule has 10 heteroatoms. The predicted molar refractivity (Wildman–Crippen MR) is 104 cm³/mol. The minimum Gasteiger partial charge on any atom is -0.381 e. The highest BCUT2D eigenvalue weighted by atomic mass is 35.5. The average Bonchev–Trinajstić information content (AvgIpc) is 3.29. The van der Waals surface area contributed by atoms with Crippen LogP contribution >= 0.6 is 11.6 Å². The lowest BCUT2D eigenvalue weighted by molar-refractivity contribution is -0.0355. The molecule has 6 nitrogen and oxygen atoms in total.